The lowest BCUT2D eigenvalue weighted by molar-refractivity contribution is 0.0696. The van der Waals surface area contributed by atoms with E-state index in [0.717, 1.165) is 43.7 Å². The molecule has 0 radical (unpaired) electrons. The van der Waals surface area contributed by atoms with Crippen LogP contribution in [0, 0.1) is 0 Å². The first-order valence-electron chi connectivity index (χ1n) is 7.35. The number of carboxylic acids is 1. The van der Waals surface area contributed by atoms with Crippen LogP contribution in [-0.4, -0.2) is 27.4 Å². The quantitative estimate of drug-likeness (QED) is 0.903. The minimum absolute atomic E-state index is 0.296. The number of carboxylic acid groups (broad SMARTS) is 1. The van der Waals surface area contributed by atoms with Crippen LogP contribution in [0.4, 0.5) is 0 Å². The third-order valence-electron chi connectivity index (χ3n) is 3.86. The van der Waals surface area contributed by atoms with E-state index in [-0.39, 0.29) is 0 Å². The van der Waals surface area contributed by atoms with Crippen molar-refractivity contribution in [3.63, 3.8) is 0 Å². The second kappa shape index (κ2) is 5.69. The fourth-order valence-electron chi connectivity index (χ4n) is 2.89. The highest BCUT2D eigenvalue weighted by atomic mass is 16.4. The van der Waals surface area contributed by atoms with E-state index in [4.69, 9.17) is 5.10 Å². The number of hydrogen-bond acceptors (Lipinski definition) is 3. The maximum Gasteiger partial charge on any atom is 0.337 e. The van der Waals surface area contributed by atoms with Gasteiger partial charge in [-0.1, -0.05) is 25.5 Å². The van der Waals surface area contributed by atoms with Crippen molar-refractivity contribution in [2.45, 2.75) is 32.7 Å². The minimum atomic E-state index is -0.916. The number of benzene rings is 1. The molecule has 5 nitrogen and oxygen atoms in total. The highest BCUT2D eigenvalue weighted by Gasteiger charge is 2.23. The molecule has 1 aliphatic heterocycles. The van der Waals surface area contributed by atoms with Crippen LogP contribution in [0.1, 0.15) is 40.7 Å². The Labute approximate surface area is 123 Å². The van der Waals surface area contributed by atoms with E-state index >= 15 is 0 Å². The molecule has 0 saturated carbocycles. The number of hydrogen-bond donors (Lipinski definition) is 2. The SMILES string of the molecule is CCCc1nn(-c2ccccc2C(=O)O)c2c1CNCC2. The molecular formula is C16H19N3O2. The normalized spacial score (nSPS) is 14.0. The van der Waals surface area contributed by atoms with Gasteiger partial charge >= 0.3 is 5.97 Å². The first-order chi connectivity index (χ1) is 10.2. The van der Waals surface area contributed by atoms with Crippen LogP contribution in [0.3, 0.4) is 0 Å². The smallest absolute Gasteiger partial charge is 0.337 e. The Morgan fingerprint density at radius 1 is 1.43 bits per heavy atom. The fraction of sp³-hybridized carbons (Fsp3) is 0.375. The molecule has 0 atom stereocenters. The van der Waals surface area contributed by atoms with Gasteiger partial charge in [0, 0.05) is 25.1 Å². The van der Waals surface area contributed by atoms with Gasteiger partial charge < -0.3 is 10.4 Å². The Bertz CT molecular complexity index is 676. The molecule has 1 aliphatic rings. The third kappa shape index (κ3) is 2.45. The average Bonchev–Trinajstić information content (AvgIpc) is 2.87. The van der Waals surface area contributed by atoms with E-state index in [1.807, 2.05) is 16.8 Å². The van der Waals surface area contributed by atoms with Crippen LogP contribution in [0.5, 0.6) is 0 Å². The Balaban J connectivity index is 2.17. The Morgan fingerprint density at radius 3 is 3.00 bits per heavy atom. The number of para-hydroxylation sites is 1. The summed E-state index contributed by atoms with van der Waals surface area (Å²) in [7, 11) is 0. The summed E-state index contributed by atoms with van der Waals surface area (Å²) in [6, 6.07) is 7.06. The summed E-state index contributed by atoms with van der Waals surface area (Å²) in [5.74, 6) is -0.916. The molecule has 2 heterocycles. The van der Waals surface area contributed by atoms with Crippen molar-refractivity contribution in [3.8, 4) is 5.69 Å². The van der Waals surface area contributed by atoms with Gasteiger partial charge in [-0.2, -0.15) is 5.10 Å². The molecule has 1 aromatic carbocycles. The van der Waals surface area contributed by atoms with Crippen LogP contribution in [0.25, 0.3) is 5.69 Å². The average molecular weight is 285 g/mol. The van der Waals surface area contributed by atoms with Gasteiger partial charge in [-0.15, -0.1) is 0 Å². The first-order valence-corrected chi connectivity index (χ1v) is 7.35. The summed E-state index contributed by atoms with van der Waals surface area (Å²) in [6.45, 7) is 3.85. The molecule has 0 saturated heterocycles. The first kappa shape index (κ1) is 13.8. The molecule has 5 heteroatoms. The Kier molecular flexibility index (Phi) is 3.75. The molecule has 0 spiro atoms. The molecule has 0 unspecified atom stereocenters. The van der Waals surface area contributed by atoms with Crippen LogP contribution in [0.2, 0.25) is 0 Å². The molecule has 110 valence electrons. The van der Waals surface area contributed by atoms with Crippen molar-refractivity contribution in [1.82, 2.24) is 15.1 Å². The van der Waals surface area contributed by atoms with Gasteiger partial charge in [-0.05, 0) is 18.6 Å². The maximum atomic E-state index is 11.4. The summed E-state index contributed by atoms with van der Waals surface area (Å²) in [6.07, 6.45) is 2.83. The second-order valence-electron chi connectivity index (χ2n) is 5.28. The highest BCUT2D eigenvalue weighted by Crippen LogP contribution is 2.24. The topological polar surface area (TPSA) is 67.2 Å². The molecule has 21 heavy (non-hydrogen) atoms. The second-order valence-corrected chi connectivity index (χ2v) is 5.28. The van der Waals surface area contributed by atoms with Crippen LogP contribution in [0.15, 0.2) is 24.3 Å². The zero-order valence-corrected chi connectivity index (χ0v) is 12.1. The van der Waals surface area contributed by atoms with Gasteiger partial charge in [-0.25, -0.2) is 9.48 Å². The Hall–Kier alpha value is -2.14. The minimum Gasteiger partial charge on any atom is -0.478 e. The summed E-state index contributed by atoms with van der Waals surface area (Å²) in [4.78, 5) is 11.4. The molecule has 0 amide bonds. The van der Waals surface area contributed by atoms with E-state index in [1.54, 1.807) is 12.1 Å². The molecule has 2 N–H and O–H groups in total. The van der Waals surface area contributed by atoms with E-state index in [9.17, 15) is 9.90 Å². The summed E-state index contributed by atoms with van der Waals surface area (Å²) in [5.41, 5.74) is 4.42. The standard InChI is InChI=1S/C16H19N3O2/c1-2-5-13-12-10-17-9-8-15(12)19(18-13)14-7-4-3-6-11(14)16(20)21/h3-4,6-7,17H,2,5,8-10H2,1H3,(H,20,21). The molecule has 3 rings (SSSR count). The lowest BCUT2D eigenvalue weighted by Gasteiger charge is -2.16. The van der Waals surface area contributed by atoms with Crippen molar-refractivity contribution >= 4 is 5.97 Å². The Morgan fingerprint density at radius 2 is 2.24 bits per heavy atom. The summed E-state index contributed by atoms with van der Waals surface area (Å²) < 4.78 is 1.84. The number of fused-ring (bicyclic) bond motifs is 1. The van der Waals surface area contributed by atoms with Gasteiger partial charge in [0.1, 0.15) is 0 Å². The lowest BCUT2D eigenvalue weighted by Crippen LogP contribution is -2.25. The number of carbonyl (C=O) groups is 1. The van der Waals surface area contributed by atoms with E-state index < -0.39 is 5.97 Å². The summed E-state index contributed by atoms with van der Waals surface area (Å²) in [5, 5.41) is 17.5. The largest absolute Gasteiger partial charge is 0.478 e. The third-order valence-corrected chi connectivity index (χ3v) is 3.86. The van der Waals surface area contributed by atoms with Crippen LogP contribution < -0.4 is 5.32 Å². The number of nitrogens with one attached hydrogen (secondary N) is 1. The predicted molar refractivity (Wildman–Crippen MR) is 79.9 cm³/mol. The fourth-order valence-corrected chi connectivity index (χ4v) is 2.89. The number of aryl methyl sites for hydroxylation is 1. The zero-order valence-electron chi connectivity index (χ0n) is 12.1. The van der Waals surface area contributed by atoms with Crippen molar-refractivity contribution in [2.24, 2.45) is 0 Å². The van der Waals surface area contributed by atoms with Crippen molar-refractivity contribution in [3.05, 3.63) is 46.8 Å². The number of aromatic nitrogens is 2. The number of nitrogens with zero attached hydrogens (tertiary/aromatic N) is 2. The van der Waals surface area contributed by atoms with Crippen molar-refractivity contribution < 1.29 is 9.90 Å². The van der Waals surface area contributed by atoms with Crippen LogP contribution >= 0.6 is 0 Å². The molecule has 0 fully saturated rings. The van der Waals surface area contributed by atoms with E-state index in [1.165, 1.54) is 5.56 Å². The maximum absolute atomic E-state index is 11.4. The van der Waals surface area contributed by atoms with E-state index in [0.29, 0.717) is 11.3 Å². The monoisotopic (exact) mass is 285 g/mol. The molecule has 0 aliphatic carbocycles. The molecule has 0 bridgehead atoms. The van der Waals surface area contributed by atoms with Gasteiger partial charge in [0.05, 0.1) is 22.6 Å². The predicted octanol–water partition coefficient (Wildman–Crippen LogP) is 2.17. The van der Waals surface area contributed by atoms with Gasteiger partial charge in [-0.3, -0.25) is 0 Å². The van der Waals surface area contributed by atoms with Crippen molar-refractivity contribution in [2.75, 3.05) is 6.54 Å². The zero-order chi connectivity index (χ0) is 14.8. The molecule has 2 aromatic rings. The number of rotatable bonds is 4. The van der Waals surface area contributed by atoms with Gasteiger partial charge in [0.15, 0.2) is 0 Å². The van der Waals surface area contributed by atoms with Crippen molar-refractivity contribution in [1.29, 1.82) is 0 Å². The van der Waals surface area contributed by atoms with Gasteiger partial charge in [0.25, 0.3) is 0 Å². The van der Waals surface area contributed by atoms with Crippen LogP contribution in [-0.2, 0) is 19.4 Å². The van der Waals surface area contributed by atoms with E-state index in [2.05, 4.69) is 12.2 Å². The lowest BCUT2D eigenvalue weighted by atomic mass is 10.0. The van der Waals surface area contributed by atoms with Gasteiger partial charge in [0.2, 0.25) is 0 Å². The summed E-state index contributed by atoms with van der Waals surface area (Å²) >= 11 is 0. The number of aromatic carboxylic acids is 1. The molecular weight excluding hydrogens is 266 g/mol. The molecule has 1 aromatic heterocycles. The highest BCUT2D eigenvalue weighted by molar-refractivity contribution is 5.91.